The molecule has 2 amide bonds. The maximum absolute atomic E-state index is 12.3. The molecule has 0 saturated carbocycles. The highest BCUT2D eigenvalue weighted by Gasteiger charge is 2.25. The number of hydrogen-bond donors (Lipinski definition) is 3. The molecule has 0 saturated heterocycles. The van der Waals surface area contributed by atoms with Crippen molar-refractivity contribution in [3.05, 3.63) is 52.8 Å². The van der Waals surface area contributed by atoms with Crippen molar-refractivity contribution < 1.29 is 14.7 Å². The van der Waals surface area contributed by atoms with Crippen LogP contribution in [0.25, 0.3) is 0 Å². The van der Waals surface area contributed by atoms with E-state index in [2.05, 4.69) is 27.9 Å². The molecule has 3 rings (SSSR count). The van der Waals surface area contributed by atoms with Gasteiger partial charge in [0.05, 0.1) is 11.7 Å². The van der Waals surface area contributed by atoms with E-state index in [9.17, 15) is 14.7 Å². The molecule has 2 atom stereocenters. The van der Waals surface area contributed by atoms with Crippen molar-refractivity contribution in [1.82, 2.24) is 20.4 Å². The van der Waals surface area contributed by atoms with Gasteiger partial charge in [-0.3, -0.25) is 4.68 Å². The summed E-state index contributed by atoms with van der Waals surface area (Å²) >= 11 is 0. The van der Waals surface area contributed by atoms with Crippen LogP contribution >= 0.6 is 0 Å². The highest BCUT2D eigenvalue weighted by molar-refractivity contribution is 5.83. The van der Waals surface area contributed by atoms with Gasteiger partial charge >= 0.3 is 12.0 Å². The average Bonchev–Trinajstić information content (AvgIpc) is 3.05. The van der Waals surface area contributed by atoms with Crippen LogP contribution in [0.1, 0.15) is 54.2 Å². The van der Waals surface area contributed by atoms with Gasteiger partial charge < -0.3 is 15.7 Å². The van der Waals surface area contributed by atoms with E-state index in [0.717, 1.165) is 18.4 Å². The lowest BCUT2D eigenvalue weighted by Gasteiger charge is -2.21. The summed E-state index contributed by atoms with van der Waals surface area (Å²) in [6.45, 7) is 1.89. The van der Waals surface area contributed by atoms with E-state index >= 15 is 0 Å². The van der Waals surface area contributed by atoms with Gasteiger partial charge in [-0.25, -0.2) is 9.59 Å². The van der Waals surface area contributed by atoms with Gasteiger partial charge in [0.2, 0.25) is 0 Å². The Morgan fingerprint density at radius 1 is 1.15 bits per heavy atom. The molecule has 138 valence electrons. The summed E-state index contributed by atoms with van der Waals surface area (Å²) < 4.78 is 1.50. The van der Waals surface area contributed by atoms with Crippen LogP contribution in [0.3, 0.4) is 0 Å². The average molecular weight is 356 g/mol. The van der Waals surface area contributed by atoms with Crippen LogP contribution in [0.5, 0.6) is 0 Å². The third-order valence-corrected chi connectivity index (χ3v) is 4.77. The molecular weight excluding hydrogens is 332 g/mol. The number of rotatable bonds is 5. The Bertz CT molecular complexity index is 815. The summed E-state index contributed by atoms with van der Waals surface area (Å²) in [5, 5.41) is 18.7. The van der Waals surface area contributed by atoms with Gasteiger partial charge in [0.25, 0.3) is 0 Å². The Morgan fingerprint density at radius 3 is 2.54 bits per heavy atom. The first-order valence-corrected chi connectivity index (χ1v) is 8.85. The number of nitrogens with zero attached hydrogens (tertiary/aromatic N) is 2. The van der Waals surface area contributed by atoms with E-state index in [1.807, 2.05) is 13.0 Å². The number of benzene rings is 1. The molecule has 0 radical (unpaired) electrons. The van der Waals surface area contributed by atoms with E-state index in [-0.39, 0.29) is 11.7 Å². The smallest absolute Gasteiger partial charge is 0.332 e. The number of fused-ring (bicyclic) bond motifs is 1. The van der Waals surface area contributed by atoms with E-state index in [0.29, 0.717) is 0 Å². The zero-order valence-electron chi connectivity index (χ0n) is 15.0. The second-order valence-corrected chi connectivity index (χ2v) is 6.76. The lowest BCUT2D eigenvalue weighted by atomic mass is 9.89. The van der Waals surface area contributed by atoms with Gasteiger partial charge in [-0.1, -0.05) is 18.2 Å². The zero-order chi connectivity index (χ0) is 18.7. The first-order chi connectivity index (χ1) is 12.4. The number of carbonyl (C=O) groups is 2. The van der Waals surface area contributed by atoms with E-state index in [4.69, 9.17) is 0 Å². The Labute approximate surface area is 152 Å². The molecule has 1 aliphatic carbocycles. The lowest BCUT2D eigenvalue weighted by Crippen LogP contribution is -2.42. The first-order valence-electron chi connectivity index (χ1n) is 8.85. The fourth-order valence-corrected chi connectivity index (χ4v) is 3.32. The summed E-state index contributed by atoms with van der Waals surface area (Å²) in [6, 6.07) is 5.94. The minimum absolute atomic E-state index is 0.222. The largest absolute Gasteiger partial charge is 0.479 e. The predicted molar refractivity (Wildman–Crippen MR) is 96.8 cm³/mol. The summed E-state index contributed by atoms with van der Waals surface area (Å²) in [7, 11) is 1.70. The van der Waals surface area contributed by atoms with Crippen LogP contribution in [-0.2, 0) is 24.7 Å². The maximum atomic E-state index is 12.3. The number of carboxylic acid groups (broad SMARTS) is 1. The number of nitrogens with one attached hydrogen (secondary N) is 2. The first kappa shape index (κ1) is 18.0. The number of carbonyl (C=O) groups excluding carboxylic acids is 1. The molecule has 2 unspecified atom stereocenters. The van der Waals surface area contributed by atoms with E-state index in [1.54, 1.807) is 19.3 Å². The normalized spacial score (nSPS) is 15.6. The van der Waals surface area contributed by atoms with Crippen LogP contribution in [0.2, 0.25) is 0 Å². The second-order valence-electron chi connectivity index (χ2n) is 6.76. The van der Waals surface area contributed by atoms with Crippen molar-refractivity contribution >= 4 is 12.0 Å². The van der Waals surface area contributed by atoms with Crippen molar-refractivity contribution in [2.45, 2.75) is 44.7 Å². The SMILES string of the molecule is CC(NC(=O)NC(C(=O)O)c1ccn(C)n1)c1ccc2c(c1)CCCC2. The Hall–Kier alpha value is -2.83. The summed E-state index contributed by atoms with van der Waals surface area (Å²) in [5.74, 6) is -1.15. The van der Waals surface area contributed by atoms with Crippen LogP contribution in [-0.4, -0.2) is 26.9 Å². The van der Waals surface area contributed by atoms with Crippen LogP contribution in [0.15, 0.2) is 30.5 Å². The van der Waals surface area contributed by atoms with Gasteiger partial charge in [-0.15, -0.1) is 0 Å². The molecule has 0 fully saturated rings. The third-order valence-electron chi connectivity index (χ3n) is 4.77. The van der Waals surface area contributed by atoms with Crippen molar-refractivity contribution in [3.63, 3.8) is 0 Å². The predicted octanol–water partition coefficient (Wildman–Crippen LogP) is 2.49. The molecule has 0 bridgehead atoms. The second kappa shape index (κ2) is 7.59. The molecule has 2 aromatic rings. The highest BCUT2D eigenvalue weighted by Crippen LogP contribution is 2.24. The lowest BCUT2D eigenvalue weighted by molar-refractivity contribution is -0.139. The topological polar surface area (TPSA) is 96.3 Å². The fourth-order valence-electron chi connectivity index (χ4n) is 3.32. The number of urea groups is 1. The molecule has 7 nitrogen and oxygen atoms in total. The van der Waals surface area contributed by atoms with E-state index in [1.165, 1.54) is 28.7 Å². The van der Waals surface area contributed by atoms with Crippen molar-refractivity contribution in [2.24, 2.45) is 7.05 Å². The summed E-state index contributed by atoms with van der Waals surface area (Å²) in [6.07, 6.45) is 6.25. The molecule has 1 aliphatic rings. The number of aliphatic carboxylic acids is 1. The van der Waals surface area contributed by atoms with Gasteiger partial charge in [-0.2, -0.15) is 5.10 Å². The molecule has 0 spiro atoms. The van der Waals surface area contributed by atoms with Crippen molar-refractivity contribution in [2.75, 3.05) is 0 Å². The molecule has 1 aromatic heterocycles. The van der Waals surface area contributed by atoms with Crippen LogP contribution in [0.4, 0.5) is 4.79 Å². The molecule has 7 heteroatoms. The van der Waals surface area contributed by atoms with Gasteiger partial charge in [0.15, 0.2) is 6.04 Å². The molecule has 1 aromatic carbocycles. The minimum Gasteiger partial charge on any atom is -0.479 e. The number of carboxylic acids is 1. The minimum atomic E-state index is -1.19. The standard InChI is InChI=1S/C19H24N4O3/c1-12(14-8-7-13-5-3-4-6-15(13)11-14)20-19(26)21-17(18(24)25)16-9-10-23(2)22-16/h7-12,17H,3-6H2,1-2H3,(H,24,25)(H2,20,21,26). The zero-order valence-corrected chi connectivity index (χ0v) is 15.0. The number of amides is 2. The number of aromatic nitrogens is 2. The maximum Gasteiger partial charge on any atom is 0.332 e. The molecule has 3 N–H and O–H groups in total. The van der Waals surface area contributed by atoms with Gasteiger partial charge in [-0.05, 0) is 55.4 Å². The number of hydrogen-bond acceptors (Lipinski definition) is 3. The molecule has 26 heavy (non-hydrogen) atoms. The Balaban J connectivity index is 1.65. The molecular formula is C19H24N4O3. The van der Waals surface area contributed by atoms with E-state index < -0.39 is 18.0 Å². The monoisotopic (exact) mass is 356 g/mol. The summed E-state index contributed by atoms with van der Waals surface area (Å²) in [5.41, 5.74) is 4.04. The summed E-state index contributed by atoms with van der Waals surface area (Å²) in [4.78, 5) is 23.8. The fraction of sp³-hybridized carbons (Fsp3) is 0.421. The Morgan fingerprint density at radius 2 is 1.88 bits per heavy atom. The third kappa shape index (κ3) is 4.04. The van der Waals surface area contributed by atoms with Gasteiger partial charge in [0.1, 0.15) is 0 Å². The molecule has 0 aliphatic heterocycles. The van der Waals surface area contributed by atoms with Crippen LogP contribution < -0.4 is 10.6 Å². The van der Waals surface area contributed by atoms with Crippen LogP contribution in [0, 0.1) is 0 Å². The van der Waals surface area contributed by atoms with Crippen molar-refractivity contribution in [1.29, 1.82) is 0 Å². The van der Waals surface area contributed by atoms with Gasteiger partial charge in [0, 0.05) is 13.2 Å². The molecule has 1 heterocycles. The Kier molecular flexibility index (Phi) is 5.25. The van der Waals surface area contributed by atoms with Crippen molar-refractivity contribution in [3.8, 4) is 0 Å². The highest BCUT2D eigenvalue weighted by atomic mass is 16.4. The number of aryl methyl sites for hydroxylation is 3. The quantitative estimate of drug-likeness (QED) is 0.767.